The van der Waals surface area contributed by atoms with Crippen LogP contribution in [0.2, 0.25) is 10.0 Å². The number of carbonyl (C=O) groups excluding carboxylic acids is 1. The topological polar surface area (TPSA) is 91.8 Å². The van der Waals surface area contributed by atoms with Gasteiger partial charge in [0.05, 0.1) is 41.0 Å². The second kappa shape index (κ2) is 12.4. The van der Waals surface area contributed by atoms with E-state index in [1.54, 1.807) is 14.2 Å². The Morgan fingerprint density at radius 3 is 2.50 bits per heavy atom. The Morgan fingerprint density at radius 2 is 1.87 bits per heavy atom. The Hall–Kier alpha value is -2.63. The van der Waals surface area contributed by atoms with E-state index in [-0.39, 0.29) is 22.9 Å². The Bertz CT molecular complexity index is 1610. The lowest BCUT2D eigenvalue weighted by Crippen LogP contribution is -2.63. The number of likely N-dealkylation sites (tertiary alicyclic amines) is 1. The van der Waals surface area contributed by atoms with Crippen LogP contribution in [0.3, 0.4) is 0 Å². The Morgan fingerprint density at radius 1 is 1.15 bits per heavy atom. The largest absolute Gasteiger partial charge is 0.383 e. The van der Waals surface area contributed by atoms with Gasteiger partial charge < -0.3 is 19.3 Å². The lowest BCUT2D eigenvalue weighted by molar-refractivity contribution is -0.149. The summed E-state index contributed by atoms with van der Waals surface area (Å²) >= 11 is 13.9. The van der Waals surface area contributed by atoms with Gasteiger partial charge in [-0.25, -0.2) is 0 Å². The average molecular weight is 671 g/mol. The van der Waals surface area contributed by atoms with E-state index in [9.17, 15) is 4.79 Å². The van der Waals surface area contributed by atoms with Crippen molar-refractivity contribution in [2.45, 2.75) is 69.5 Å². The second-order valence-corrected chi connectivity index (χ2v) is 14.8. The van der Waals surface area contributed by atoms with Crippen molar-refractivity contribution in [3.8, 4) is 11.1 Å². The van der Waals surface area contributed by atoms with Crippen LogP contribution in [0.5, 0.6) is 0 Å². The summed E-state index contributed by atoms with van der Waals surface area (Å²) in [6.07, 6.45) is 10.9. The summed E-state index contributed by atoms with van der Waals surface area (Å²) < 4.78 is 13.2. The minimum Gasteiger partial charge on any atom is -0.383 e. The summed E-state index contributed by atoms with van der Waals surface area (Å²) in [4.78, 5) is 19.2. The zero-order valence-corrected chi connectivity index (χ0v) is 28.7. The van der Waals surface area contributed by atoms with Crippen molar-refractivity contribution in [2.24, 2.45) is 5.41 Å². The van der Waals surface area contributed by atoms with Crippen LogP contribution in [0.25, 0.3) is 22.0 Å². The number of methoxy groups -OCH3 is 2. The number of halogens is 2. The maximum absolute atomic E-state index is 12.2. The van der Waals surface area contributed by atoms with Crippen molar-refractivity contribution in [1.29, 1.82) is 0 Å². The van der Waals surface area contributed by atoms with E-state index in [0.717, 1.165) is 105 Å². The zero-order valence-electron chi connectivity index (χ0n) is 27.2. The minimum absolute atomic E-state index is 0.0193. The number of fused-ring (bicyclic) bond motifs is 1. The molecule has 7 rings (SSSR count). The molecular weight excluding hydrogens is 625 g/mol. The number of aromatic amines is 1. The molecule has 2 saturated heterocycles. The van der Waals surface area contributed by atoms with Crippen LogP contribution in [0, 0.1) is 12.3 Å². The zero-order chi connectivity index (χ0) is 32.2. The van der Waals surface area contributed by atoms with Crippen molar-refractivity contribution < 1.29 is 14.3 Å². The molecule has 3 aromatic rings. The number of H-pyrrole nitrogens is 1. The molecule has 0 bridgehead atoms. The van der Waals surface area contributed by atoms with Gasteiger partial charge in [-0.3, -0.25) is 19.5 Å². The third-order valence-corrected chi connectivity index (χ3v) is 12.1. The molecule has 1 unspecified atom stereocenters. The minimum atomic E-state index is 0.0193. The lowest BCUT2D eigenvalue weighted by Gasteiger charge is -2.59. The SMILES string of the molecule is C=CC(=O)N1CC2(CC(n3nc(N4CCC(N(CCOC)CCOC)CC45CCC5)c(-c4c(Cl)c(Cl)cc5[nH]ncc45)c3C)C2)C1. The molecule has 2 aliphatic carbocycles. The van der Waals surface area contributed by atoms with Gasteiger partial charge in [0.2, 0.25) is 5.91 Å². The van der Waals surface area contributed by atoms with E-state index in [1.165, 1.54) is 12.5 Å². The summed E-state index contributed by atoms with van der Waals surface area (Å²) in [5.74, 6) is 1.02. The molecule has 1 N–H and O–H groups in total. The van der Waals surface area contributed by atoms with E-state index in [0.29, 0.717) is 29.3 Å². The predicted molar refractivity (Wildman–Crippen MR) is 182 cm³/mol. The number of amides is 1. The molecule has 4 fully saturated rings. The van der Waals surface area contributed by atoms with Crippen molar-refractivity contribution in [2.75, 3.05) is 65.1 Å². The van der Waals surface area contributed by atoms with Gasteiger partial charge in [-0.15, -0.1) is 0 Å². The second-order valence-electron chi connectivity index (χ2n) is 14.0. The molecule has 10 nitrogen and oxygen atoms in total. The first kappa shape index (κ1) is 31.9. The number of ether oxygens (including phenoxy) is 2. The lowest BCUT2D eigenvalue weighted by atomic mass is 9.60. The molecule has 2 aliphatic heterocycles. The monoisotopic (exact) mass is 669 g/mol. The fourth-order valence-electron chi connectivity index (χ4n) is 8.80. The van der Waals surface area contributed by atoms with Gasteiger partial charge in [0.1, 0.15) is 0 Å². The highest BCUT2D eigenvalue weighted by Crippen LogP contribution is 2.57. The van der Waals surface area contributed by atoms with Crippen LogP contribution in [-0.4, -0.2) is 107 Å². The third kappa shape index (κ3) is 5.25. The number of aromatic nitrogens is 4. The molecule has 2 spiro atoms. The summed E-state index contributed by atoms with van der Waals surface area (Å²) in [5.41, 5.74) is 4.11. The fraction of sp³-hybridized carbons (Fsp3) is 0.618. The molecule has 4 aliphatic rings. The normalized spacial score (nSPS) is 22.0. The summed E-state index contributed by atoms with van der Waals surface area (Å²) in [7, 11) is 3.54. The summed E-state index contributed by atoms with van der Waals surface area (Å²) in [6, 6.07) is 2.57. The first-order valence-corrected chi connectivity index (χ1v) is 17.3. The molecule has 4 heterocycles. The van der Waals surface area contributed by atoms with Gasteiger partial charge in [-0.2, -0.15) is 10.2 Å². The van der Waals surface area contributed by atoms with E-state index in [1.807, 2.05) is 17.2 Å². The van der Waals surface area contributed by atoms with Crippen LogP contribution in [-0.2, 0) is 14.3 Å². The molecule has 2 aromatic heterocycles. The fourth-order valence-corrected chi connectivity index (χ4v) is 9.25. The Kier molecular flexibility index (Phi) is 8.63. The molecule has 46 heavy (non-hydrogen) atoms. The standard InChI is InChI=1S/C34H45Cl2N7O3/c1-5-28(44)41-20-33(21-41)16-24(17-33)43-22(2)29(30-25-19-37-38-27(25)15-26(35)31(30)36)32(39-43)42-10-7-23(18-34(42)8-6-9-34)40(11-13-45-3)12-14-46-4/h5,15,19,23-24H,1,6-14,16-18,20-21H2,2-4H3,(H,37,38). The Labute approximate surface area is 280 Å². The van der Waals surface area contributed by atoms with E-state index in [2.05, 4.69) is 38.2 Å². The number of benzene rings is 1. The number of anilines is 1. The number of hydrogen-bond donors (Lipinski definition) is 1. The number of piperidine rings is 1. The highest BCUT2D eigenvalue weighted by Gasteiger charge is 2.55. The first-order chi connectivity index (χ1) is 22.2. The van der Waals surface area contributed by atoms with Gasteiger partial charge in [-0.1, -0.05) is 29.8 Å². The molecule has 2 saturated carbocycles. The highest BCUT2D eigenvalue weighted by atomic mass is 35.5. The Balaban J connectivity index is 1.26. The molecule has 1 aromatic carbocycles. The smallest absolute Gasteiger partial charge is 0.245 e. The van der Waals surface area contributed by atoms with E-state index in [4.69, 9.17) is 37.8 Å². The quantitative estimate of drug-likeness (QED) is 0.255. The summed E-state index contributed by atoms with van der Waals surface area (Å²) in [6.45, 7) is 11.5. The van der Waals surface area contributed by atoms with Crippen LogP contribution >= 0.6 is 23.2 Å². The van der Waals surface area contributed by atoms with Gasteiger partial charge in [0.15, 0.2) is 5.82 Å². The van der Waals surface area contributed by atoms with Crippen molar-refractivity contribution >= 4 is 45.8 Å². The highest BCUT2D eigenvalue weighted by molar-refractivity contribution is 6.45. The van der Waals surface area contributed by atoms with Crippen molar-refractivity contribution in [3.05, 3.63) is 40.7 Å². The number of hydrogen-bond acceptors (Lipinski definition) is 7. The number of carbonyl (C=O) groups is 1. The summed E-state index contributed by atoms with van der Waals surface area (Å²) in [5, 5.41) is 14.9. The van der Waals surface area contributed by atoms with E-state index < -0.39 is 0 Å². The van der Waals surface area contributed by atoms with Crippen LogP contribution in [0.1, 0.15) is 56.7 Å². The third-order valence-electron chi connectivity index (χ3n) is 11.3. The molecule has 1 amide bonds. The van der Waals surface area contributed by atoms with Crippen LogP contribution in [0.4, 0.5) is 5.82 Å². The number of nitrogens with zero attached hydrogens (tertiary/aromatic N) is 6. The maximum atomic E-state index is 12.2. The van der Waals surface area contributed by atoms with Gasteiger partial charge in [0, 0.05) is 86.1 Å². The molecular formula is C34H45Cl2N7O3. The van der Waals surface area contributed by atoms with Gasteiger partial charge in [-0.05, 0) is 64.0 Å². The van der Waals surface area contributed by atoms with Crippen LogP contribution < -0.4 is 4.90 Å². The number of rotatable bonds is 11. The van der Waals surface area contributed by atoms with Crippen molar-refractivity contribution in [1.82, 2.24) is 29.8 Å². The van der Waals surface area contributed by atoms with Gasteiger partial charge in [0.25, 0.3) is 0 Å². The number of nitrogens with one attached hydrogen (secondary N) is 1. The van der Waals surface area contributed by atoms with Gasteiger partial charge >= 0.3 is 0 Å². The molecule has 248 valence electrons. The maximum Gasteiger partial charge on any atom is 0.245 e. The van der Waals surface area contributed by atoms with E-state index >= 15 is 0 Å². The first-order valence-electron chi connectivity index (χ1n) is 16.5. The average Bonchev–Trinajstić information content (AvgIpc) is 3.59. The molecule has 0 radical (unpaired) electrons. The van der Waals surface area contributed by atoms with Crippen LogP contribution in [0.15, 0.2) is 24.9 Å². The molecule has 1 atom stereocenters. The predicted octanol–water partition coefficient (Wildman–Crippen LogP) is 5.88. The molecule has 12 heteroatoms. The van der Waals surface area contributed by atoms with Crippen molar-refractivity contribution in [3.63, 3.8) is 0 Å².